The molecule has 0 bridgehead atoms. The highest BCUT2D eigenvalue weighted by Gasteiger charge is 2.56. The van der Waals surface area contributed by atoms with Crippen molar-refractivity contribution in [2.45, 2.75) is 31.2 Å². The van der Waals surface area contributed by atoms with Gasteiger partial charge in [-0.3, -0.25) is 15.0 Å². The van der Waals surface area contributed by atoms with Crippen LogP contribution in [-0.4, -0.2) is 29.0 Å². The van der Waals surface area contributed by atoms with Crippen LogP contribution in [0.5, 0.6) is 0 Å². The predicted octanol–water partition coefficient (Wildman–Crippen LogP) is 2.80. The van der Waals surface area contributed by atoms with Crippen molar-refractivity contribution < 1.29 is 32.3 Å². The number of rotatable bonds is 4. The quantitative estimate of drug-likeness (QED) is 0.594. The summed E-state index contributed by atoms with van der Waals surface area (Å²) in [6.07, 6.45) is -5.17. The number of imide groups is 1. The van der Waals surface area contributed by atoms with Crippen LogP contribution in [0.1, 0.15) is 24.0 Å². The van der Waals surface area contributed by atoms with Crippen molar-refractivity contribution in [1.29, 1.82) is 0 Å². The van der Waals surface area contributed by atoms with Crippen LogP contribution in [0, 0.1) is 0 Å². The fraction of sp³-hybridized carbons (Fsp3) is 0.238. The molecule has 0 radical (unpaired) electrons. The molecule has 0 aliphatic carbocycles. The molecular formula is C21H16F3N3O4. The monoisotopic (exact) mass is 431 g/mol. The Morgan fingerprint density at radius 3 is 2.55 bits per heavy atom. The first-order valence-corrected chi connectivity index (χ1v) is 9.29. The summed E-state index contributed by atoms with van der Waals surface area (Å²) in [5.41, 5.74) is 0.544. The van der Waals surface area contributed by atoms with Crippen molar-refractivity contribution in [3.63, 3.8) is 0 Å². The molecule has 4 rings (SSSR count). The van der Waals surface area contributed by atoms with Gasteiger partial charge in [0.25, 0.3) is 5.91 Å². The number of alkyl halides is 3. The van der Waals surface area contributed by atoms with Gasteiger partial charge < -0.3 is 4.74 Å². The first kappa shape index (κ1) is 20.6. The number of carbonyl (C=O) groups is 3. The van der Waals surface area contributed by atoms with Gasteiger partial charge in [-0.25, -0.2) is 9.69 Å². The molecule has 1 fully saturated rings. The van der Waals surface area contributed by atoms with Gasteiger partial charge in [-0.2, -0.15) is 18.3 Å². The fourth-order valence-electron chi connectivity index (χ4n) is 3.51. The highest BCUT2D eigenvalue weighted by Crippen LogP contribution is 2.37. The van der Waals surface area contributed by atoms with E-state index in [0.717, 1.165) is 23.8 Å². The van der Waals surface area contributed by atoms with Crippen LogP contribution in [-0.2, 0) is 31.9 Å². The second-order valence-corrected chi connectivity index (χ2v) is 7.25. The first-order chi connectivity index (χ1) is 14.7. The summed E-state index contributed by atoms with van der Waals surface area (Å²) >= 11 is 0. The summed E-state index contributed by atoms with van der Waals surface area (Å²) in [4.78, 5) is 38.5. The summed E-state index contributed by atoms with van der Waals surface area (Å²) in [7, 11) is 0. The molecule has 0 saturated carbocycles. The predicted molar refractivity (Wildman–Crippen MR) is 103 cm³/mol. The Morgan fingerprint density at radius 2 is 1.84 bits per heavy atom. The molecule has 2 amide bonds. The van der Waals surface area contributed by atoms with Crippen molar-refractivity contribution in [3.8, 4) is 0 Å². The van der Waals surface area contributed by atoms with Gasteiger partial charge in [0.05, 0.1) is 17.7 Å². The van der Waals surface area contributed by atoms with E-state index in [0.29, 0.717) is 4.90 Å². The molecular weight excluding hydrogens is 415 g/mol. The SMILES string of the molecule is O=C(OCc1ccccc1)C1=NN[C@]2(CC(=O)N(c3cccc(C(F)(F)F)c3)C2=O)C1. The van der Waals surface area contributed by atoms with E-state index in [9.17, 15) is 27.6 Å². The number of hydrogen-bond acceptors (Lipinski definition) is 6. The van der Waals surface area contributed by atoms with Gasteiger partial charge in [0.2, 0.25) is 5.91 Å². The maximum Gasteiger partial charge on any atom is 0.416 e. The van der Waals surface area contributed by atoms with E-state index >= 15 is 0 Å². The van der Waals surface area contributed by atoms with Gasteiger partial charge in [0.1, 0.15) is 17.9 Å². The minimum absolute atomic E-state index is 0.00886. The zero-order valence-electron chi connectivity index (χ0n) is 16.0. The van der Waals surface area contributed by atoms with Crippen LogP contribution < -0.4 is 10.3 Å². The number of nitrogens with one attached hydrogen (secondary N) is 1. The highest BCUT2D eigenvalue weighted by molar-refractivity contribution is 6.39. The summed E-state index contributed by atoms with van der Waals surface area (Å²) in [6, 6.07) is 12.9. The molecule has 1 saturated heterocycles. The van der Waals surface area contributed by atoms with E-state index in [1.807, 2.05) is 6.07 Å². The number of hydrogen-bond donors (Lipinski definition) is 1. The van der Waals surface area contributed by atoms with Crippen molar-refractivity contribution >= 4 is 29.2 Å². The zero-order chi connectivity index (χ0) is 22.2. The Labute approximate surface area is 174 Å². The molecule has 7 nitrogen and oxygen atoms in total. The second-order valence-electron chi connectivity index (χ2n) is 7.25. The standard InChI is InChI=1S/C21H16F3N3O4/c22-21(23,24)14-7-4-8-15(9-14)27-17(28)11-20(19(27)30)10-16(25-26-20)18(29)31-12-13-5-2-1-3-6-13/h1-9,26H,10-12H2/t20-/m0/s1. The Bertz CT molecular complexity index is 1080. The largest absolute Gasteiger partial charge is 0.456 e. The lowest BCUT2D eigenvalue weighted by molar-refractivity contribution is -0.138. The topological polar surface area (TPSA) is 88.1 Å². The summed E-state index contributed by atoms with van der Waals surface area (Å²) in [6.45, 7) is 0.00886. The molecule has 2 aliphatic rings. The van der Waals surface area contributed by atoms with Crippen LogP contribution in [0.4, 0.5) is 18.9 Å². The Kier molecular flexibility index (Phi) is 5.00. The Balaban J connectivity index is 1.47. The number of anilines is 1. The minimum atomic E-state index is -4.62. The van der Waals surface area contributed by atoms with Crippen molar-refractivity contribution in [2.24, 2.45) is 5.10 Å². The number of hydrazone groups is 1. The average molecular weight is 431 g/mol. The zero-order valence-corrected chi connectivity index (χ0v) is 16.0. The molecule has 2 aliphatic heterocycles. The maximum atomic E-state index is 13.0. The number of carbonyl (C=O) groups excluding carboxylic acids is 3. The van der Waals surface area contributed by atoms with Crippen LogP contribution in [0.3, 0.4) is 0 Å². The highest BCUT2D eigenvalue weighted by atomic mass is 19.4. The number of benzene rings is 2. The number of halogens is 3. The van der Waals surface area contributed by atoms with Gasteiger partial charge in [0.15, 0.2) is 0 Å². The van der Waals surface area contributed by atoms with Crippen LogP contribution in [0.2, 0.25) is 0 Å². The van der Waals surface area contributed by atoms with Crippen LogP contribution in [0.15, 0.2) is 59.7 Å². The third-order valence-electron chi connectivity index (χ3n) is 5.07. The third kappa shape index (κ3) is 3.88. The van der Waals surface area contributed by atoms with Gasteiger partial charge in [-0.15, -0.1) is 0 Å². The molecule has 2 aromatic carbocycles. The van der Waals surface area contributed by atoms with Gasteiger partial charge in [-0.1, -0.05) is 36.4 Å². The van der Waals surface area contributed by atoms with Gasteiger partial charge in [0, 0.05) is 6.42 Å². The molecule has 0 aromatic heterocycles. The fourth-order valence-corrected chi connectivity index (χ4v) is 3.51. The third-order valence-corrected chi connectivity index (χ3v) is 5.07. The number of amides is 2. The molecule has 1 atom stereocenters. The van der Waals surface area contributed by atoms with E-state index in [1.165, 1.54) is 6.07 Å². The first-order valence-electron chi connectivity index (χ1n) is 9.29. The van der Waals surface area contributed by atoms with E-state index in [4.69, 9.17) is 4.74 Å². The molecule has 2 heterocycles. The number of nitrogens with zero attached hydrogens (tertiary/aromatic N) is 2. The van der Waals surface area contributed by atoms with Crippen molar-refractivity contribution in [2.75, 3.05) is 4.90 Å². The van der Waals surface area contributed by atoms with E-state index in [2.05, 4.69) is 10.5 Å². The van der Waals surface area contributed by atoms with E-state index < -0.39 is 35.1 Å². The molecule has 10 heteroatoms. The van der Waals surface area contributed by atoms with Crippen molar-refractivity contribution in [3.05, 3.63) is 65.7 Å². The van der Waals surface area contributed by atoms with E-state index in [1.54, 1.807) is 24.3 Å². The van der Waals surface area contributed by atoms with E-state index in [-0.39, 0.29) is 30.8 Å². The van der Waals surface area contributed by atoms with Crippen LogP contribution in [0.25, 0.3) is 0 Å². The number of ether oxygens (including phenoxy) is 1. The van der Waals surface area contributed by atoms with Gasteiger partial charge in [-0.05, 0) is 23.8 Å². The molecule has 1 spiro atoms. The summed E-state index contributed by atoms with van der Waals surface area (Å²) in [5, 5.41) is 3.87. The minimum Gasteiger partial charge on any atom is -0.456 e. The Hall–Kier alpha value is -3.69. The average Bonchev–Trinajstić information content (AvgIpc) is 3.27. The maximum absolute atomic E-state index is 13.0. The second kappa shape index (κ2) is 7.53. The van der Waals surface area contributed by atoms with Gasteiger partial charge >= 0.3 is 12.1 Å². The molecule has 0 unspecified atom stereocenters. The lowest BCUT2D eigenvalue weighted by atomic mass is 9.92. The molecule has 2 aromatic rings. The molecule has 1 N–H and O–H groups in total. The molecule has 160 valence electrons. The van der Waals surface area contributed by atoms with Crippen molar-refractivity contribution in [1.82, 2.24) is 5.43 Å². The van der Waals surface area contributed by atoms with Crippen LogP contribution >= 0.6 is 0 Å². The summed E-state index contributed by atoms with van der Waals surface area (Å²) in [5.74, 6) is -2.21. The molecule has 31 heavy (non-hydrogen) atoms. The lowest BCUT2D eigenvalue weighted by Gasteiger charge is -2.21. The summed E-state index contributed by atoms with van der Waals surface area (Å²) < 4.78 is 44.2. The Morgan fingerprint density at radius 1 is 1.10 bits per heavy atom. The smallest absolute Gasteiger partial charge is 0.416 e. The number of esters is 1. The lowest BCUT2D eigenvalue weighted by Crippen LogP contribution is -2.47. The normalized spacial score (nSPS) is 20.7.